The molecule has 0 fully saturated rings. The number of rotatable bonds is 7. The van der Waals surface area contributed by atoms with Crippen LogP contribution in [0.1, 0.15) is 93.2 Å². The van der Waals surface area contributed by atoms with E-state index in [2.05, 4.69) is 137 Å². The summed E-state index contributed by atoms with van der Waals surface area (Å²) in [6.45, 7) is 25.1. The lowest BCUT2D eigenvalue weighted by Crippen LogP contribution is -2.10. The molecule has 2 atom stereocenters. The molecule has 2 unspecified atom stereocenters. The van der Waals surface area contributed by atoms with Crippen molar-refractivity contribution < 1.29 is 0 Å². The van der Waals surface area contributed by atoms with Crippen LogP contribution in [0.3, 0.4) is 0 Å². The maximum Gasteiger partial charge on any atom is -0.0167 e. The van der Waals surface area contributed by atoms with Crippen molar-refractivity contribution in [1.82, 2.24) is 0 Å². The third-order valence-corrected chi connectivity index (χ3v) is 6.97. The third kappa shape index (κ3) is 13.5. The highest BCUT2D eigenvalue weighted by molar-refractivity contribution is 5.19. The fourth-order valence-electron chi connectivity index (χ4n) is 3.13. The van der Waals surface area contributed by atoms with Crippen molar-refractivity contribution in [2.75, 3.05) is 0 Å². The van der Waals surface area contributed by atoms with Gasteiger partial charge in [-0.05, 0) is 59.0 Å². The lowest BCUT2D eigenvalue weighted by molar-refractivity contribution is 0.316. The summed E-state index contributed by atoms with van der Waals surface area (Å²) in [5.41, 5.74) is 2.90. The molecule has 2 rings (SSSR count). The van der Waals surface area contributed by atoms with Gasteiger partial charge in [0.25, 0.3) is 0 Å². The van der Waals surface area contributed by atoms with Crippen LogP contribution in [0.5, 0.6) is 0 Å². The van der Waals surface area contributed by atoms with Crippen molar-refractivity contribution in [3.8, 4) is 0 Å². The predicted molar refractivity (Wildman–Crippen MR) is 143 cm³/mol. The molecule has 0 heteroatoms. The second kappa shape index (κ2) is 16.1. The van der Waals surface area contributed by atoms with E-state index in [1.54, 1.807) is 0 Å². The van der Waals surface area contributed by atoms with E-state index in [4.69, 9.17) is 0 Å². The van der Waals surface area contributed by atoms with E-state index in [0.717, 1.165) is 35.5 Å². The average Bonchev–Trinajstić information content (AvgIpc) is 2.74. The fourth-order valence-corrected chi connectivity index (χ4v) is 3.13. The first-order valence-corrected chi connectivity index (χ1v) is 12.6. The second-order valence-electron chi connectivity index (χ2n) is 10.7. The van der Waals surface area contributed by atoms with Gasteiger partial charge in [0.2, 0.25) is 0 Å². The smallest absolute Gasteiger partial charge is 0.0167 e. The normalized spacial score (nSPS) is 13.0. The topological polar surface area (TPSA) is 0 Å². The van der Waals surface area contributed by atoms with Gasteiger partial charge in [0.05, 0.1) is 0 Å². The predicted octanol–water partition coefficient (Wildman–Crippen LogP) is 9.90. The minimum Gasteiger partial charge on any atom is -0.0625 e. The summed E-state index contributed by atoms with van der Waals surface area (Å²) in [7, 11) is 0. The number of hydrogen-bond acceptors (Lipinski definition) is 0. The molecule has 0 heterocycles. The summed E-state index contributed by atoms with van der Waals surface area (Å²) in [6, 6.07) is 21.4. The average molecular weight is 425 g/mol. The zero-order chi connectivity index (χ0) is 24.0. The van der Waals surface area contributed by atoms with Crippen molar-refractivity contribution in [3.05, 3.63) is 71.8 Å². The summed E-state index contributed by atoms with van der Waals surface area (Å²) >= 11 is 0. The maximum absolute atomic E-state index is 2.32. The molecular weight excluding hydrogens is 372 g/mol. The molecule has 0 aliphatic heterocycles. The lowest BCUT2D eigenvalue weighted by Gasteiger charge is -2.18. The number of hydrogen-bond donors (Lipinski definition) is 0. The highest BCUT2D eigenvalue weighted by atomic mass is 14.2. The minimum absolute atomic E-state index is 0.677. The summed E-state index contributed by atoms with van der Waals surface area (Å²) < 4.78 is 0. The summed E-state index contributed by atoms with van der Waals surface area (Å²) in [4.78, 5) is 0. The molecule has 31 heavy (non-hydrogen) atoms. The van der Waals surface area contributed by atoms with E-state index in [-0.39, 0.29) is 0 Å². The van der Waals surface area contributed by atoms with Crippen LogP contribution in [0.4, 0.5) is 0 Å². The third-order valence-electron chi connectivity index (χ3n) is 6.97. The highest BCUT2D eigenvalue weighted by Gasteiger charge is 2.10. The summed E-state index contributed by atoms with van der Waals surface area (Å²) in [6.07, 6.45) is 1.21. The van der Waals surface area contributed by atoms with Gasteiger partial charge in [-0.2, -0.15) is 0 Å². The second-order valence-corrected chi connectivity index (χ2v) is 10.7. The van der Waals surface area contributed by atoms with Gasteiger partial charge in [-0.3, -0.25) is 0 Å². The first-order valence-electron chi connectivity index (χ1n) is 12.6. The number of benzene rings is 2. The standard InChI is InChI=1S/C12H18.C11H16.C8H18/c1-10(2)11(3)9-12-7-5-4-6-8-12;1-9(2)10(3)11-7-5-4-6-8-11;1-6(2)8(5)7(3)4/h4-8,10-11H,9H2,1-3H3;4-10H,1-3H3;6-8H,1-5H3. The Morgan fingerprint density at radius 1 is 0.484 bits per heavy atom. The highest BCUT2D eigenvalue weighted by Crippen LogP contribution is 2.22. The molecule has 0 nitrogen and oxygen atoms in total. The molecule has 0 spiro atoms. The van der Waals surface area contributed by atoms with Crippen LogP contribution in [0, 0.1) is 35.5 Å². The van der Waals surface area contributed by atoms with Crippen LogP contribution in [-0.4, -0.2) is 0 Å². The molecular formula is C31H52. The Hall–Kier alpha value is -1.56. The van der Waals surface area contributed by atoms with Gasteiger partial charge in [0.1, 0.15) is 0 Å². The van der Waals surface area contributed by atoms with Gasteiger partial charge in [0, 0.05) is 0 Å². The minimum atomic E-state index is 0.677. The molecule has 0 aromatic heterocycles. The molecule has 0 aliphatic carbocycles. The van der Waals surface area contributed by atoms with E-state index in [0.29, 0.717) is 5.92 Å². The molecule has 176 valence electrons. The van der Waals surface area contributed by atoms with Crippen molar-refractivity contribution >= 4 is 0 Å². The van der Waals surface area contributed by atoms with E-state index < -0.39 is 0 Å². The summed E-state index contributed by atoms with van der Waals surface area (Å²) in [5.74, 6) is 5.53. The van der Waals surface area contributed by atoms with Gasteiger partial charge >= 0.3 is 0 Å². The van der Waals surface area contributed by atoms with E-state index in [9.17, 15) is 0 Å². The molecule has 0 aliphatic rings. The zero-order valence-electron chi connectivity index (χ0n) is 22.5. The van der Waals surface area contributed by atoms with Crippen LogP contribution in [0.25, 0.3) is 0 Å². The molecule has 0 bridgehead atoms. The zero-order valence-corrected chi connectivity index (χ0v) is 22.5. The quantitative estimate of drug-likeness (QED) is 0.415. The van der Waals surface area contributed by atoms with Gasteiger partial charge in [-0.25, -0.2) is 0 Å². The first-order chi connectivity index (χ1) is 14.5. The van der Waals surface area contributed by atoms with Crippen LogP contribution in [-0.2, 0) is 6.42 Å². The molecule has 0 saturated carbocycles. The van der Waals surface area contributed by atoms with Gasteiger partial charge in [-0.1, -0.05) is 137 Å². The van der Waals surface area contributed by atoms with Gasteiger partial charge in [0.15, 0.2) is 0 Å². The van der Waals surface area contributed by atoms with Crippen molar-refractivity contribution in [2.24, 2.45) is 35.5 Å². The van der Waals surface area contributed by atoms with Crippen LogP contribution < -0.4 is 0 Å². The Bertz CT molecular complexity index is 628. The van der Waals surface area contributed by atoms with Gasteiger partial charge in [-0.15, -0.1) is 0 Å². The molecule has 2 aromatic rings. The molecule has 0 radical (unpaired) electrons. The fraction of sp³-hybridized carbons (Fsp3) is 0.613. The lowest BCUT2D eigenvalue weighted by atomic mass is 9.88. The Balaban J connectivity index is 0.000000446. The van der Waals surface area contributed by atoms with Crippen LogP contribution in [0.2, 0.25) is 0 Å². The van der Waals surface area contributed by atoms with Crippen LogP contribution in [0.15, 0.2) is 60.7 Å². The molecule has 0 N–H and O–H groups in total. The van der Waals surface area contributed by atoms with E-state index in [1.807, 2.05) is 0 Å². The SMILES string of the molecule is CC(C)C(C)C(C)C.CC(C)C(C)Cc1ccccc1.CC(C)C(C)c1ccccc1. The molecule has 0 amide bonds. The molecule has 2 aromatic carbocycles. The Morgan fingerprint density at radius 3 is 1.23 bits per heavy atom. The first kappa shape index (κ1) is 29.4. The Kier molecular flexibility index (Phi) is 15.3. The Labute approximate surface area is 195 Å². The van der Waals surface area contributed by atoms with Crippen molar-refractivity contribution in [3.63, 3.8) is 0 Å². The summed E-state index contributed by atoms with van der Waals surface area (Å²) in [5, 5.41) is 0. The Morgan fingerprint density at radius 2 is 0.903 bits per heavy atom. The van der Waals surface area contributed by atoms with Crippen molar-refractivity contribution in [1.29, 1.82) is 0 Å². The maximum atomic E-state index is 2.32. The van der Waals surface area contributed by atoms with Crippen LogP contribution >= 0.6 is 0 Å². The monoisotopic (exact) mass is 424 g/mol. The van der Waals surface area contributed by atoms with Gasteiger partial charge < -0.3 is 0 Å². The molecule has 0 saturated heterocycles. The van der Waals surface area contributed by atoms with E-state index in [1.165, 1.54) is 17.5 Å². The largest absolute Gasteiger partial charge is 0.0625 e. The van der Waals surface area contributed by atoms with E-state index >= 15 is 0 Å². The van der Waals surface area contributed by atoms with Crippen molar-refractivity contribution in [2.45, 2.75) is 88.5 Å².